The summed E-state index contributed by atoms with van der Waals surface area (Å²) < 4.78 is 151. The highest BCUT2D eigenvalue weighted by molar-refractivity contribution is 6.31. The molecule has 3 aromatic rings. The van der Waals surface area contributed by atoms with Crippen LogP contribution >= 0.6 is 11.6 Å². The molecular weight excluding hydrogens is 650 g/mol. The van der Waals surface area contributed by atoms with Crippen LogP contribution in [0.2, 0.25) is 5.02 Å². The van der Waals surface area contributed by atoms with E-state index < -0.39 is 81.8 Å². The van der Waals surface area contributed by atoms with Gasteiger partial charge in [-0.2, -0.15) is 43.9 Å². The maximum atomic E-state index is 14.5. The number of alkyl halides is 10. The first-order chi connectivity index (χ1) is 20.2. The molecular formula is C26H13ClF10O7. The molecule has 1 unspecified atom stereocenters. The zero-order valence-corrected chi connectivity index (χ0v) is 21.8. The summed E-state index contributed by atoms with van der Waals surface area (Å²) in [4.78, 5) is 36.9. The van der Waals surface area contributed by atoms with Crippen LogP contribution in [0, 0.1) is 0 Å². The van der Waals surface area contributed by atoms with Crippen molar-refractivity contribution in [2.24, 2.45) is 0 Å². The molecule has 3 rings (SSSR count). The van der Waals surface area contributed by atoms with Crippen molar-refractivity contribution in [3.8, 4) is 11.5 Å². The van der Waals surface area contributed by atoms with Crippen molar-refractivity contribution in [2.45, 2.75) is 30.7 Å². The summed E-state index contributed by atoms with van der Waals surface area (Å²) in [5.74, 6) is -10.3. The first-order valence-electron chi connectivity index (χ1n) is 11.4. The molecule has 0 aliphatic heterocycles. The molecule has 44 heavy (non-hydrogen) atoms. The summed E-state index contributed by atoms with van der Waals surface area (Å²) in [6.07, 6.45) is -23.1. The van der Waals surface area contributed by atoms with Gasteiger partial charge in [0.1, 0.15) is 11.5 Å². The van der Waals surface area contributed by atoms with Crippen LogP contribution < -0.4 is 9.47 Å². The maximum Gasteiger partial charge on any atom is 0.502 e. The highest BCUT2D eigenvalue weighted by atomic mass is 35.5. The second kappa shape index (κ2) is 12.6. The minimum atomic E-state index is -5.16. The summed E-state index contributed by atoms with van der Waals surface area (Å²) >= 11 is 5.86. The number of ether oxygens (including phenoxy) is 4. The lowest BCUT2D eigenvalue weighted by Crippen LogP contribution is -2.41. The lowest BCUT2D eigenvalue weighted by atomic mass is 10.1. The van der Waals surface area contributed by atoms with Gasteiger partial charge in [0, 0.05) is 10.6 Å². The minimum absolute atomic E-state index is 0.0871. The molecule has 236 valence electrons. The van der Waals surface area contributed by atoms with Gasteiger partial charge in [0.2, 0.25) is 6.10 Å². The smallest absolute Gasteiger partial charge is 0.438 e. The SMILES string of the molecule is O=C(OC(=O)C(F)(F)Oc1cccc(C(F)(F)F)c1)C(OC(=O)C(F)(F)Oc1cccc(C(F)(F)F)c1)c1ccccc1Cl. The van der Waals surface area contributed by atoms with Crippen LogP contribution in [0.1, 0.15) is 22.8 Å². The van der Waals surface area contributed by atoms with Crippen molar-refractivity contribution >= 4 is 29.5 Å². The van der Waals surface area contributed by atoms with Crippen molar-refractivity contribution in [2.75, 3.05) is 0 Å². The molecule has 0 N–H and O–H groups in total. The Kier molecular flexibility index (Phi) is 9.72. The summed E-state index contributed by atoms with van der Waals surface area (Å²) in [6.45, 7) is 0. The van der Waals surface area contributed by atoms with E-state index in [1.165, 1.54) is 6.07 Å². The predicted molar refractivity (Wildman–Crippen MR) is 125 cm³/mol. The van der Waals surface area contributed by atoms with Gasteiger partial charge in [0.15, 0.2) is 0 Å². The average molecular weight is 663 g/mol. The Morgan fingerprint density at radius 2 is 1.07 bits per heavy atom. The monoisotopic (exact) mass is 662 g/mol. The summed E-state index contributed by atoms with van der Waals surface area (Å²) in [5, 5.41) is -0.510. The number of rotatable bonds is 9. The zero-order valence-electron chi connectivity index (χ0n) is 21.0. The molecule has 18 heteroatoms. The van der Waals surface area contributed by atoms with E-state index in [0.717, 1.165) is 18.2 Å². The van der Waals surface area contributed by atoms with Crippen molar-refractivity contribution < 1.29 is 77.2 Å². The van der Waals surface area contributed by atoms with Crippen molar-refractivity contribution in [1.29, 1.82) is 0 Å². The number of hydrogen-bond acceptors (Lipinski definition) is 7. The molecule has 0 fully saturated rings. The highest BCUT2D eigenvalue weighted by Crippen LogP contribution is 2.36. The molecule has 0 aliphatic rings. The normalized spacial score (nSPS) is 13.1. The molecule has 0 radical (unpaired) electrons. The molecule has 0 saturated carbocycles. The average Bonchev–Trinajstić information content (AvgIpc) is 2.91. The van der Waals surface area contributed by atoms with Crippen molar-refractivity contribution in [1.82, 2.24) is 0 Å². The van der Waals surface area contributed by atoms with Gasteiger partial charge in [-0.1, -0.05) is 41.9 Å². The van der Waals surface area contributed by atoms with Gasteiger partial charge in [0.05, 0.1) is 11.1 Å². The lowest BCUT2D eigenvalue weighted by Gasteiger charge is -2.22. The van der Waals surface area contributed by atoms with Gasteiger partial charge in [0.25, 0.3) is 0 Å². The first-order valence-corrected chi connectivity index (χ1v) is 11.8. The van der Waals surface area contributed by atoms with Crippen LogP contribution in [0.15, 0.2) is 72.8 Å². The van der Waals surface area contributed by atoms with Crippen LogP contribution in [-0.4, -0.2) is 30.1 Å². The Bertz CT molecular complexity index is 1540. The fourth-order valence-corrected chi connectivity index (χ4v) is 3.39. The van der Waals surface area contributed by atoms with Gasteiger partial charge in [-0.15, -0.1) is 0 Å². The van der Waals surface area contributed by atoms with Crippen LogP contribution in [0.4, 0.5) is 43.9 Å². The molecule has 0 saturated heterocycles. The number of esters is 3. The van der Waals surface area contributed by atoms with Gasteiger partial charge in [-0.05, 0) is 42.5 Å². The Balaban J connectivity index is 1.83. The number of halogens is 11. The minimum Gasteiger partial charge on any atom is -0.438 e. The topological polar surface area (TPSA) is 88.1 Å². The van der Waals surface area contributed by atoms with E-state index in [0.29, 0.717) is 36.4 Å². The number of carbonyl (C=O) groups excluding carboxylic acids is 3. The van der Waals surface area contributed by atoms with Crippen LogP contribution in [-0.2, 0) is 36.2 Å². The summed E-state index contributed by atoms with van der Waals surface area (Å²) in [5.41, 5.74) is -3.59. The maximum absolute atomic E-state index is 14.5. The highest BCUT2D eigenvalue weighted by Gasteiger charge is 2.50. The van der Waals surface area contributed by atoms with Crippen molar-refractivity contribution in [3.05, 3.63) is 94.5 Å². The van der Waals surface area contributed by atoms with Gasteiger partial charge in [-0.3, -0.25) is 0 Å². The molecule has 0 aromatic heterocycles. The number of carbonyl (C=O) groups is 3. The summed E-state index contributed by atoms with van der Waals surface area (Å²) in [6, 6.07) is 7.89. The van der Waals surface area contributed by atoms with E-state index >= 15 is 0 Å². The van der Waals surface area contributed by atoms with E-state index in [2.05, 4.69) is 18.9 Å². The van der Waals surface area contributed by atoms with Crippen LogP contribution in [0.5, 0.6) is 11.5 Å². The van der Waals surface area contributed by atoms with Crippen LogP contribution in [0.3, 0.4) is 0 Å². The largest absolute Gasteiger partial charge is 0.502 e. The van der Waals surface area contributed by atoms with E-state index in [-0.39, 0.29) is 12.1 Å². The molecule has 1 atom stereocenters. The van der Waals surface area contributed by atoms with Gasteiger partial charge < -0.3 is 18.9 Å². The second-order valence-corrected chi connectivity index (χ2v) is 8.71. The molecule has 7 nitrogen and oxygen atoms in total. The van der Waals surface area contributed by atoms with E-state index in [9.17, 15) is 58.3 Å². The third-order valence-electron chi connectivity index (χ3n) is 5.11. The quantitative estimate of drug-likeness (QED) is 0.134. The molecule has 0 amide bonds. The van der Waals surface area contributed by atoms with Crippen molar-refractivity contribution in [3.63, 3.8) is 0 Å². The molecule has 3 aromatic carbocycles. The first kappa shape index (κ1) is 34.0. The lowest BCUT2D eigenvalue weighted by molar-refractivity contribution is -0.229. The Labute approximate surface area is 243 Å². The third-order valence-corrected chi connectivity index (χ3v) is 5.45. The van der Waals surface area contributed by atoms with E-state index in [1.807, 2.05) is 0 Å². The number of benzene rings is 3. The standard InChI is InChI=1S/C26H13ClF10O7/c27-18-10-2-1-9-17(18)19(41-21(39)25(34,35)43-15-7-3-5-13(11-15)23(28,29)30)20(38)42-22(40)26(36,37)44-16-8-4-6-14(12-16)24(31,32)33/h1-12,19H. The molecule has 0 bridgehead atoms. The van der Waals surface area contributed by atoms with Crippen LogP contribution in [0.25, 0.3) is 0 Å². The zero-order chi connectivity index (χ0) is 33.1. The van der Waals surface area contributed by atoms with E-state index in [4.69, 9.17) is 11.6 Å². The summed E-state index contributed by atoms with van der Waals surface area (Å²) in [7, 11) is 0. The molecule has 0 spiro atoms. The number of hydrogen-bond donors (Lipinski definition) is 0. The third kappa shape index (κ3) is 8.52. The predicted octanol–water partition coefficient (Wildman–Crippen LogP) is 7.38. The fourth-order valence-electron chi connectivity index (χ4n) is 3.16. The Morgan fingerprint density at radius 3 is 1.52 bits per heavy atom. The molecule has 0 aliphatic carbocycles. The van der Waals surface area contributed by atoms with Gasteiger partial charge >= 0.3 is 42.5 Å². The second-order valence-electron chi connectivity index (χ2n) is 8.30. The fraction of sp³-hybridized carbons (Fsp3) is 0.192. The molecule has 0 heterocycles. The Morgan fingerprint density at radius 1 is 0.614 bits per heavy atom. The van der Waals surface area contributed by atoms with Gasteiger partial charge in [-0.25, -0.2) is 14.4 Å². The Hall–Kier alpha value is -4.54. The van der Waals surface area contributed by atoms with E-state index in [1.54, 1.807) is 0 Å².